The first kappa shape index (κ1) is 11.0. The van der Waals surface area contributed by atoms with Gasteiger partial charge in [-0.15, -0.1) is 23.9 Å². The van der Waals surface area contributed by atoms with Crippen molar-refractivity contribution in [1.29, 1.82) is 0 Å². The van der Waals surface area contributed by atoms with Crippen molar-refractivity contribution in [3.8, 4) is 12.3 Å². The van der Waals surface area contributed by atoms with E-state index in [-0.39, 0.29) is 6.61 Å². The molecule has 0 N–H and O–H groups in total. The highest BCUT2D eigenvalue weighted by molar-refractivity contribution is 6.40. The first-order chi connectivity index (χ1) is 5.59. The average Bonchev–Trinajstić information content (AvgIpc) is 2.03. The number of Topliss-reactive ketones (excluding diaryl/α,β-unsaturated/α-hetero) is 1. The summed E-state index contributed by atoms with van der Waals surface area (Å²) in [6.45, 7) is 1.33. The minimum atomic E-state index is -1.21. The Labute approximate surface area is 76.0 Å². The number of hydrogen-bond donors (Lipinski definition) is 0. The van der Waals surface area contributed by atoms with Crippen molar-refractivity contribution in [2.24, 2.45) is 0 Å². The van der Waals surface area contributed by atoms with Crippen LogP contribution < -0.4 is 0 Å². The molecule has 0 heterocycles. The standard InChI is InChI=1S/C8H9ClO3/c1-3-4-5-12-8(11)7(9)6(2)10/h1,7H,4-5H2,2H3. The predicted molar refractivity (Wildman–Crippen MR) is 44.7 cm³/mol. The number of alkyl halides is 1. The molecular formula is C8H9ClO3. The summed E-state index contributed by atoms with van der Waals surface area (Å²) in [6, 6.07) is 0. The Morgan fingerprint density at radius 3 is 2.67 bits per heavy atom. The second-order valence-corrected chi connectivity index (χ2v) is 2.53. The van der Waals surface area contributed by atoms with Gasteiger partial charge in [-0.25, -0.2) is 4.79 Å². The van der Waals surface area contributed by atoms with Gasteiger partial charge in [-0.2, -0.15) is 0 Å². The minimum absolute atomic E-state index is 0.103. The number of terminal acetylenes is 1. The normalized spacial score (nSPS) is 11.4. The van der Waals surface area contributed by atoms with E-state index in [9.17, 15) is 9.59 Å². The van der Waals surface area contributed by atoms with Crippen LogP contribution >= 0.6 is 11.6 Å². The van der Waals surface area contributed by atoms with Crippen molar-refractivity contribution in [1.82, 2.24) is 0 Å². The first-order valence-electron chi connectivity index (χ1n) is 3.34. The lowest BCUT2D eigenvalue weighted by atomic mass is 10.3. The number of carbonyl (C=O) groups excluding carboxylic acids is 2. The maximum atomic E-state index is 10.8. The molecule has 0 saturated carbocycles. The molecule has 0 radical (unpaired) electrons. The third-order valence-corrected chi connectivity index (χ3v) is 1.54. The number of halogens is 1. The molecule has 3 nitrogen and oxygen atoms in total. The van der Waals surface area contributed by atoms with Crippen molar-refractivity contribution >= 4 is 23.4 Å². The van der Waals surface area contributed by atoms with Gasteiger partial charge in [0.2, 0.25) is 0 Å². The van der Waals surface area contributed by atoms with Gasteiger partial charge in [-0.05, 0) is 6.92 Å². The van der Waals surface area contributed by atoms with Crippen LogP contribution in [0.2, 0.25) is 0 Å². The zero-order chi connectivity index (χ0) is 9.56. The molecule has 66 valence electrons. The Morgan fingerprint density at radius 2 is 2.25 bits per heavy atom. The van der Waals surface area contributed by atoms with Gasteiger partial charge in [0.25, 0.3) is 0 Å². The number of rotatable bonds is 4. The summed E-state index contributed by atoms with van der Waals surface area (Å²) >= 11 is 5.37. The van der Waals surface area contributed by atoms with E-state index in [1.54, 1.807) is 0 Å². The summed E-state index contributed by atoms with van der Waals surface area (Å²) in [5.41, 5.74) is 0. The van der Waals surface area contributed by atoms with Gasteiger partial charge in [0.05, 0.1) is 0 Å². The monoisotopic (exact) mass is 188 g/mol. The Bertz CT molecular complexity index is 217. The molecule has 0 rings (SSSR count). The molecule has 0 aliphatic heterocycles. The fourth-order valence-corrected chi connectivity index (χ4v) is 0.513. The summed E-state index contributed by atoms with van der Waals surface area (Å²) in [5.74, 6) is 1.12. The summed E-state index contributed by atoms with van der Waals surface area (Å²) in [7, 11) is 0. The van der Waals surface area contributed by atoms with Crippen LogP contribution in [0.25, 0.3) is 0 Å². The van der Waals surface area contributed by atoms with Crippen LogP contribution in [0, 0.1) is 12.3 Å². The smallest absolute Gasteiger partial charge is 0.331 e. The SMILES string of the molecule is C#CCCOC(=O)C(Cl)C(C)=O. The lowest BCUT2D eigenvalue weighted by Gasteiger charge is -2.04. The van der Waals surface area contributed by atoms with Crippen molar-refractivity contribution in [3.63, 3.8) is 0 Å². The van der Waals surface area contributed by atoms with Gasteiger partial charge >= 0.3 is 5.97 Å². The van der Waals surface area contributed by atoms with E-state index < -0.39 is 17.1 Å². The van der Waals surface area contributed by atoms with Crippen LogP contribution in [-0.2, 0) is 14.3 Å². The molecule has 1 unspecified atom stereocenters. The fraction of sp³-hybridized carbons (Fsp3) is 0.500. The largest absolute Gasteiger partial charge is 0.463 e. The molecule has 0 aliphatic carbocycles. The van der Waals surface area contributed by atoms with Gasteiger partial charge in [0.15, 0.2) is 11.2 Å². The molecule has 0 saturated heterocycles. The van der Waals surface area contributed by atoms with E-state index >= 15 is 0 Å². The topological polar surface area (TPSA) is 43.4 Å². The minimum Gasteiger partial charge on any atom is -0.463 e. The maximum Gasteiger partial charge on any atom is 0.331 e. The van der Waals surface area contributed by atoms with Crippen LogP contribution in [0.5, 0.6) is 0 Å². The molecule has 0 aromatic carbocycles. The molecule has 12 heavy (non-hydrogen) atoms. The fourth-order valence-electron chi connectivity index (χ4n) is 0.450. The third kappa shape index (κ3) is 3.99. The average molecular weight is 189 g/mol. The molecule has 1 atom stereocenters. The summed E-state index contributed by atoms with van der Waals surface area (Å²) in [4.78, 5) is 21.4. The molecule has 0 fully saturated rings. The molecule has 0 aromatic rings. The number of ether oxygens (including phenoxy) is 1. The second-order valence-electron chi connectivity index (χ2n) is 2.09. The highest BCUT2D eigenvalue weighted by Crippen LogP contribution is 2.00. The van der Waals surface area contributed by atoms with E-state index in [0.717, 1.165) is 0 Å². The highest BCUT2D eigenvalue weighted by Gasteiger charge is 2.21. The van der Waals surface area contributed by atoms with E-state index in [0.29, 0.717) is 6.42 Å². The molecule has 4 heteroatoms. The number of carbonyl (C=O) groups is 2. The third-order valence-electron chi connectivity index (χ3n) is 1.05. The van der Waals surface area contributed by atoms with Crippen LogP contribution in [0.3, 0.4) is 0 Å². The van der Waals surface area contributed by atoms with Crippen molar-refractivity contribution in [2.45, 2.75) is 18.7 Å². The van der Waals surface area contributed by atoms with Gasteiger partial charge < -0.3 is 4.74 Å². The van der Waals surface area contributed by atoms with Gasteiger partial charge in [-0.3, -0.25) is 4.79 Å². The van der Waals surface area contributed by atoms with Crippen LogP contribution in [0.1, 0.15) is 13.3 Å². The first-order valence-corrected chi connectivity index (χ1v) is 3.78. The highest BCUT2D eigenvalue weighted by atomic mass is 35.5. The lowest BCUT2D eigenvalue weighted by molar-refractivity contribution is -0.145. The Hall–Kier alpha value is -1.01. The van der Waals surface area contributed by atoms with Crippen LogP contribution in [0.4, 0.5) is 0 Å². The van der Waals surface area contributed by atoms with Gasteiger partial charge in [-0.1, -0.05) is 0 Å². The van der Waals surface area contributed by atoms with Gasteiger partial charge in [0, 0.05) is 6.42 Å². The molecule has 0 bridgehead atoms. The Kier molecular flexibility index (Phi) is 5.14. The number of esters is 1. The maximum absolute atomic E-state index is 10.8. The van der Waals surface area contributed by atoms with Crippen LogP contribution in [-0.4, -0.2) is 23.7 Å². The summed E-state index contributed by atoms with van der Waals surface area (Å²) < 4.78 is 4.57. The molecule has 0 spiro atoms. The van der Waals surface area contributed by atoms with Crippen LogP contribution in [0.15, 0.2) is 0 Å². The quantitative estimate of drug-likeness (QED) is 0.215. The van der Waals surface area contributed by atoms with E-state index in [2.05, 4.69) is 10.7 Å². The molecule has 0 aromatic heterocycles. The zero-order valence-corrected chi connectivity index (χ0v) is 7.43. The van der Waals surface area contributed by atoms with Crippen molar-refractivity contribution < 1.29 is 14.3 Å². The molecule has 0 aliphatic rings. The predicted octanol–water partition coefficient (Wildman–Crippen LogP) is 0.749. The molecule has 0 amide bonds. The summed E-state index contributed by atoms with van der Waals surface area (Å²) in [6.07, 6.45) is 5.24. The number of hydrogen-bond acceptors (Lipinski definition) is 3. The summed E-state index contributed by atoms with van der Waals surface area (Å²) in [5, 5.41) is -1.21. The van der Waals surface area contributed by atoms with E-state index in [4.69, 9.17) is 18.0 Å². The van der Waals surface area contributed by atoms with Gasteiger partial charge in [0.1, 0.15) is 6.61 Å². The lowest BCUT2D eigenvalue weighted by Crippen LogP contribution is -2.24. The molecular weight excluding hydrogens is 180 g/mol. The van der Waals surface area contributed by atoms with Crippen molar-refractivity contribution in [2.75, 3.05) is 6.61 Å². The Morgan fingerprint density at radius 1 is 1.67 bits per heavy atom. The number of ketones is 1. The van der Waals surface area contributed by atoms with E-state index in [1.807, 2.05) is 0 Å². The zero-order valence-electron chi connectivity index (χ0n) is 6.67. The second kappa shape index (κ2) is 5.62. The van der Waals surface area contributed by atoms with Crippen molar-refractivity contribution in [3.05, 3.63) is 0 Å². The van der Waals surface area contributed by atoms with E-state index in [1.165, 1.54) is 6.92 Å². The Balaban J connectivity index is 3.74.